The Bertz CT molecular complexity index is 723. The van der Waals surface area contributed by atoms with Crippen molar-refractivity contribution in [3.63, 3.8) is 0 Å². The second kappa shape index (κ2) is 9.58. The molecule has 0 aliphatic carbocycles. The van der Waals surface area contributed by atoms with Gasteiger partial charge in [0.2, 0.25) is 0 Å². The van der Waals surface area contributed by atoms with Gasteiger partial charge in [-0.1, -0.05) is 55.8 Å². The topological polar surface area (TPSA) is 30.5 Å². The molecule has 1 fully saturated rings. The van der Waals surface area contributed by atoms with E-state index in [1.165, 1.54) is 16.7 Å². The number of aryl methyl sites for hydroxylation is 1. The monoisotopic (exact) mass is 381 g/mol. The average Bonchev–Trinajstić information content (AvgIpc) is 2.72. The van der Waals surface area contributed by atoms with Crippen LogP contribution in [0.4, 0.5) is 0 Å². The first-order chi connectivity index (χ1) is 13.5. The van der Waals surface area contributed by atoms with Crippen LogP contribution in [-0.4, -0.2) is 26.4 Å². The van der Waals surface area contributed by atoms with E-state index < -0.39 is 0 Å². The molecule has 1 N–H and O–H groups in total. The fourth-order valence-electron chi connectivity index (χ4n) is 4.22. The van der Waals surface area contributed by atoms with Gasteiger partial charge in [-0.15, -0.1) is 0 Å². The number of benzene rings is 2. The molecule has 2 atom stereocenters. The van der Waals surface area contributed by atoms with Crippen LogP contribution >= 0.6 is 0 Å². The Morgan fingerprint density at radius 2 is 1.82 bits per heavy atom. The standard InChI is InChI=1S/C25H35NO2/c1-19(2)24-17-25(14-16-28-24,22-9-5-20(3)6-10-22)13-15-26-18-21-7-11-23(27-4)12-8-21/h5-12,19,24,26H,13-18H2,1-4H3. The van der Waals surface area contributed by atoms with Gasteiger partial charge in [0.25, 0.3) is 0 Å². The zero-order valence-electron chi connectivity index (χ0n) is 17.8. The van der Waals surface area contributed by atoms with Crippen molar-refractivity contribution in [3.05, 3.63) is 65.2 Å². The minimum Gasteiger partial charge on any atom is -0.497 e. The molecule has 3 rings (SSSR count). The van der Waals surface area contributed by atoms with E-state index in [0.29, 0.717) is 12.0 Å². The third-order valence-electron chi connectivity index (χ3n) is 6.18. The Morgan fingerprint density at radius 1 is 1.11 bits per heavy atom. The van der Waals surface area contributed by atoms with Crippen LogP contribution in [0.25, 0.3) is 0 Å². The van der Waals surface area contributed by atoms with Gasteiger partial charge in [0, 0.05) is 18.6 Å². The van der Waals surface area contributed by atoms with Crippen molar-refractivity contribution in [2.24, 2.45) is 5.92 Å². The van der Waals surface area contributed by atoms with Crippen LogP contribution in [-0.2, 0) is 16.7 Å². The fraction of sp³-hybridized carbons (Fsp3) is 0.520. The van der Waals surface area contributed by atoms with Gasteiger partial charge in [0.15, 0.2) is 0 Å². The highest BCUT2D eigenvalue weighted by Gasteiger charge is 2.39. The Kier molecular flexibility index (Phi) is 7.14. The summed E-state index contributed by atoms with van der Waals surface area (Å²) in [5.74, 6) is 1.46. The van der Waals surface area contributed by atoms with E-state index in [0.717, 1.165) is 44.7 Å². The molecule has 3 heteroatoms. The third-order valence-corrected chi connectivity index (χ3v) is 6.18. The van der Waals surface area contributed by atoms with Crippen molar-refractivity contribution in [1.82, 2.24) is 5.32 Å². The third kappa shape index (κ3) is 5.15. The number of nitrogens with one attached hydrogen (secondary N) is 1. The number of ether oxygens (including phenoxy) is 2. The summed E-state index contributed by atoms with van der Waals surface area (Å²) in [6.45, 7) is 9.46. The molecule has 3 nitrogen and oxygen atoms in total. The molecule has 152 valence electrons. The summed E-state index contributed by atoms with van der Waals surface area (Å²) in [6, 6.07) is 17.5. The zero-order valence-corrected chi connectivity index (χ0v) is 17.8. The molecule has 0 bridgehead atoms. The minimum absolute atomic E-state index is 0.202. The first kappa shape index (κ1) is 20.9. The summed E-state index contributed by atoms with van der Waals surface area (Å²) >= 11 is 0. The predicted octanol–water partition coefficient (Wildman–Crippen LogP) is 5.26. The smallest absolute Gasteiger partial charge is 0.118 e. The van der Waals surface area contributed by atoms with E-state index in [1.54, 1.807) is 7.11 Å². The van der Waals surface area contributed by atoms with E-state index in [9.17, 15) is 0 Å². The van der Waals surface area contributed by atoms with Crippen molar-refractivity contribution in [1.29, 1.82) is 0 Å². The Balaban J connectivity index is 1.66. The largest absolute Gasteiger partial charge is 0.497 e. The maximum Gasteiger partial charge on any atom is 0.118 e. The average molecular weight is 382 g/mol. The Hall–Kier alpha value is -1.84. The second-order valence-corrected chi connectivity index (χ2v) is 8.53. The normalized spacial score (nSPS) is 22.4. The second-order valence-electron chi connectivity index (χ2n) is 8.53. The van der Waals surface area contributed by atoms with Crippen LogP contribution < -0.4 is 10.1 Å². The van der Waals surface area contributed by atoms with Gasteiger partial charge in [-0.3, -0.25) is 0 Å². The summed E-state index contributed by atoms with van der Waals surface area (Å²) in [5, 5.41) is 3.65. The van der Waals surface area contributed by atoms with Crippen LogP contribution in [0.5, 0.6) is 5.75 Å². The quantitative estimate of drug-likeness (QED) is 0.633. The van der Waals surface area contributed by atoms with Crippen LogP contribution in [0.2, 0.25) is 0 Å². The molecule has 1 saturated heterocycles. The molecule has 2 aromatic carbocycles. The molecule has 28 heavy (non-hydrogen) atoms. The minimum atomic E-state index is 0.202. The highest BCUT2D eigenvalue weighted by Crippen LogP contribution is 2.41. The van der Waals surface area contributed by atoms with E-state index in [1.807, 2.05) is 12.1 Å². The summed E-state index contributed by atoms with van der Waals surface area (Å²) in [7, 11) is 1.70. The highest BCUT2D eigenvalue weighted by molar-refractivity contribution is 5.30. The molecular weight excluding hydrogens is 346 g/mol. The number of rotatable bonds is 8. The fourth-order valence-corrected chi connectivity index (χ4v) is 4.22. The molecule has 1 aliphatic rings. The lowest BCUT2D eigenvalue weighted by Gasteiger charge is -2.43. The van der Waals surface area contributed by atoms with Crippen molar-refractivity contribution in [3.8, 4) is 5.75 Å². The van der Waals surface area contributed by atoms with E-state index in [-0.39, 0.29) is 5.41 Å². The molecule has 2 unspecified atom stereocenters. The Labute approximate surface area is 170 Å². The highest BCUT2D eigenvalue weighted by atomic mass is 16.5. The van der Waals surface area contributed by atoms with Gasteiger partial charge in [0.1, 0.15) is 5.75 Å². The summed E-state index contributed by atoms with van der Waals surface area (Å²) in [4.78, 5) is 0. The van der Waals surface area contributed by atoms with Crippen LogP contribution in [0.15, 0.2) is 48.5 Å². The number of hydrogen-bond donors (Lipinski definition) is 1. The molecule has 0 amide bonds. The maximum absolute atomic E-state index is 6.11. The molecule has 1 aliphatic heterocycles. The molecule has 0 aromatic heterocycles. The molecule has 0 radical (unpaired) electrons. The van der Waals surface area contributed by atoms with E-state index >= 15 is 0 Å². The Morgan fingerprint density at radius 3 is 2.46 bits per heavy atom. The summed E-state index contributed by atoms with van der Waals surface area (Å²) in [5.41, 5.74) is 4.29. The van der Waals surface area contributed by atoms with E-state index in [2.05, 4.69) is 62.5 Å². The van der Waals surface area contributed by atoms with Crippen molar-refractivity contribution < 1.29 is 9.47 Å². The van der Waals surface area contributed by atoms with Gasteiger partial charge >= 0.3 is 0 Å². The van der Waals surface area contributed by atoms with Crippen molar-refractivity contribution >= 4 is 0 Å². The SMILES string of the molecule is COc1ccc(CNCCC2(c3ccc(C)cc3)CCOC(C(C)C)C2)cc1. The molecule has 0 saturated carbocycles. The zero-order chi connectivity index (χ0) is 20.0. The maximum atomic E-state index is 6.11. The predicted molar refractivity (Wildman–Crippen MR) is 116 cm³/mol. The summed E-state index contributed by atoms with van der Waals surface area (Å²) < 4.78 is 11.3. The van der Waals surface area contributed by atoms with Crippen molar-refractivity contribution in [2.45, 2.75) is 58.1 Å². The van der Waals surface area contributed by atoms with Crippen LogP contribution in [0, 0.1) is 12.8 Å². The lowest BCUT2D eigenvalue weighted by Crippen LogP contribution is -2.42. The van der Waals surface area contributed by atoms with Gasteiger partial charge in [-0.05, 0) is 61.9 Å². The van der Waals surface area contributed by atoms with Crippen molar-refractivity contribution in [2.75, 3.05) is 20.3 Å². The first-order valence-electron chi connectivity index (χ1n) is 10.5. The molecule has 2 aromatic rings. The number of hydrogen-bond acceptors (Lipinski definition) is 3. The van der Waals surface area contributed by atoms with Gasteiger partial charge in [-0.25, -0.2) is 0 Å². The first-order valence-corrected chi connectivity index (χ1v) is 10.5. The van der Waals surface area contributed by atoms with Gasteiger partial charge in [-0.2, -0.15) is 0 Å². The van der Waals surface area contributed by atoms with E-state index in [4.69, 9.17) is 9.47 Å². The lowest BCUT2D eigenvalue weighted by atomic mass is 9.68. The molecule has 1 heterocycles. The molecule has 0 spiro atoms. The molecular formula is C25H35NO2. The van der Waals surface area contributed by atoms with Crippen LogP contribution in [0.3, 0.4) is 0 Å². The van der Waals surface area contributed by atoms with Gasteiger partial charge in [0.05, 0.1) is 13.2 Å². The number of methoxy groups -OCH3 is 1. The lowest BCUT2D eigenvalue weighted by molar-refractivity contribution is -0.0469. The van der Waals surface area contributed by atoms with Gasteiger partial charge < -0.3 is 14.8 Å². The van der Waals surface area contributed by atoms with Crippen LogP contribution in [0.1, 0.15) is 49.8 Å². The summed E-state index contributed by atoms with van der Waals surface area (Å²) in [6.07, 6.45) is 3.69.